The van der Waals surface area contributed by atoms with E-state index in [0.717, 1.165) is 42.3 Å². The summed E-state index contributed by atoms with van der Waals surface area (Å²) in [5, 5.41) is 3.28. The Kier molecular flexibility index (Phi) is 3.64. The highest BCUT2D eigenvalue weighted by Gasteiger charge is 2.10. The van der Waals surface area contributed by atoms with E-state index in [0.29, 0.717) is 0 Å². The Labute approximate surface area is 116 Å². The zero-order valence-corrected chi connectivity index (χ0v) is 11.2. The molecule has 0 spiro atoms. The van der Waals surface area contributed by atoms with Crippen LogP contribution in [0.3, 0.4) is 0 Å². The minimum absolute atomic E-state index is 0.727. The first-order valence-corrected chi connectivity index (χ1v) is 6.47. The summed E-state index contributed by atoms with van der Waals surface area (Å²) in [4.78, 5) is 8.78. The highest BCUT2D eigenvalue weighted by molar-refractivity contribution is 5.69. The number of nitrogens with zero attached hydrogens (tertiary/aromatic N) is 3. The summed E-state index contributed by atoms with van der Waals surface area (Å²) < 4.78 is 12.1. The maximum absolute atomic E-state index is 5.12. The predicted molar refractivity (Wildman–Crippen MR) is 75.7 cm³/mol. The molecule has 3 rings (SSSR count). The molecular formula is C14H16N4O2. The van der Waals surface area contributed by atoms with Gasteiger partial charge in [0, 0.05) is 38.2 Å². The minimum atomic E-state index is 0.727. The topological polar surface area (TPSA) is 64.6 Å². The van der Waals surface area contributed by atoms with Crippen LogP contribution in [0.5, 0.6) is 0 Å². The van der Waals surface area contributed by atoms with E-state index in [9.17, 15) is 0 Å². The predicted octanol–water partition coefficient (Wildman–Crippen LogP) is 2.44. The molecule has 3 aromatic heterocycles. The maximum atomic E-state index is 5.12. The van der Waals surface area contributed by atoms with Crippen LogP contribution in [0.1, 0.15) is 6.42 Å². The zero-order valence-electron chi connectivity index (χ0n) is 11.2. The second-order valence-corrected chi connectivity index (χ2v) is 4.40. The van der Waals surface area contributed by atoms with E-state index in [-0.39, 0.29) is 0 Å². The Hall–Kier alpha value is -2.34. The third-order valence-corrected chi connectivity index (χ3v) is 3.06. The molecule has 3 heterocycles. The summed E-state index contributed by atoms with van der Waals surface area (Å²) in [5.74, 6) is 0.776. The summed E-state index contributed by atoms with van der Waals surface area (Å²) in [7, 11) is 1.70. The van der Waals surface area contributed by atoms with Gasteiger partial charge in [-0.3, -0.25) is 4.40 Å². The van der Waals surface area contributed by atoms with Crippen molar-refractivity contribution < 1.29 is 9.15 Å². The molecule has 0 saturated carbocycles. The van der Waals surface area contributed by atoms with Gasteiger partial charge in [0.1, 0.15) is 0 Å². The molecule has 0 amide bonds. The van der Waals surface area contributed by atoms with Gasteiger partial charge >= 0.3 is 0 Å². The first kappa shape index (κ1) is 12.7. The van der Waals surface area contributed by atoms with Crippen molar-refractivity contribution in [3.05, 3.63) is 37.2 Å². The lowest BCUT2D eigenvalue weighted by atomic mass is 10.3. The van der Waals surface area contributed by atoms with Gasteiger partial charge in [-0.25, -0.2) is 9.97 Å². The fourth-order valence-corrected chi connectivity index (χ4v) is 2.09. The van der Waals surface area contributed by atoms with E-state index in [1.165, 1.54) is 0 Å². The van der Waals surface area contributed by atoms with E-state index in [1.54, 1.807) is 25.8 Å². The summed E-state index contributed by atoms with van der Waals surface area (Å²) >= 11 is 0. The molecule has 104 valence electrons. The van der Waals surface area contributed by atoms with Gasteiger partial charge in [-0.15, -0.1) is 0 Å². The molecule has 0 atom stereocenters. The summed E-state index contributed by atoms with van der Waals surface area (Å²) in [6, 6.07) is 1.91. The molecule has 6 nitrogen and oxygen atoms in total. The highest BCUT2D eigenvalue weighted by Crippen LogP contribution is 2.23. The van der Waals surface area contributed by atoms with Crippen LogP contribution in [0.4, 0.5) is 5.82 Å². The maximum Gasteiger partial charge on any atom is 0.180 e. The molecule has 0 aromatic carbocycles. The molecule has 3 aromatic rings. The van der Waals surface area contributed by atoms with Crippen LogP contribution in [0, 0.1) is 0 Å². The summed E-state index contributed by atoms with van der Waals surface area (Å²) in [6.07, 6.45) is 9.76. The number of furan rings is 1. The van der Waals surface area contributed by atoms with Crippen LogP contribution in [-0.2, 0) is 4.74 Å². The molecule has 0 fully saturated rings. The number of hydrogen-bond donors (Lipinski definition) is 1. The zero-order chi connectivity index (χ0) is 13.8. The van der Waals surface area contributed by atoms with Gasteiger partial charge in [-0.1, -0.05) is 0 Å². The minimum Gasteiger partial charge on any atom is -0.472 e. The third kappa shape index (κ3) is 2.37. The smallest absolute Gasteiger partial charge is 0.180 e. The lowest BCUT2D eigenvalue weighted by molar-refractivity contribution is 0.198. The van der Waals surface area contributed by atoms with E-state index in [2.05, 4.69) is 15.3 Å². The van der Waals surface area contributed by atoms with E-state index in [1.807, 2.05) is 22.9 Å². The van der Waals surface area contributed by atoms with Gasteiger partial charge in [0.25, 0.3) is 0 Å². The van der Waals surface area contributed by atoms with Crippen molar-refractivity contribution in [1.82, 2.24) is 14.4 Å². The fraction of sp³-hybridized carbons (Fsp3) is 0.286. The quantitative estimate of drug-likeness (QED) is 0.698. The number of methoxy groups -OCH3 is 1. The molecule has 20 heavy (non-hydrogen) atoms. The number of imidazole rings is 1. The molecule has 0 aliphatic heterocycles. The largest absolute Gasteiger partial charge is 0.472 e. The molecule has 0 unspecified atom stereocenters. The van der Waals surface area contributed by atoms with E-state index >= 15 is 0 Å². The van der Waals surface area contributed by atoms with Gasteiger partial charge in [0.05, 0.1) is 24.4 Å². The van der Waals surface area contributed by atoms with Crippen molar-refractivity contribution in [3.63, 3.8) is 0 Å². The Morgan fingerprint density at radius 1 is 1.40 bits per heavy atom. The van der Waals surface area contributed by atoms with Crippen LogP contribution in [0.25, 0.3) is 16.9 Å². The second kappa shape index (κ2) is 5.75. The fourth-order valence-electron chi connectivity index (χ4n) is 2.09. The van der Waals surface area contributed by atoms with Gasteiger partial charge in [0.2, 0.25) is 0 Å². The normalized spacial score (nSPS) is 11.1. The van der Waals surface area contributed by atoms with Crippen molar-refractivity contribution in [1.29, 1.82) is 0 Å². The van der Waals surface area contributed by atoms with Gasteiger partial charge in [-0.05, 0) is 12.5 Å². The number of aromatic nitrogens is 3. The first-order chi connectivity index (χ1) is 9.90. The molecule has 0 aliphatic carbocycles. The number of rotatable bonds is 6. The van der Waals surface area contributed by atoms with Crippen molar-refractivity contribution in [2.24, 2.45) is 0 Å². The van der Waals surface area contributed by atoms with Crippen LogP contribution in [0.15, 0.2) is 41.6 Å². The van der Waals surface area contributed by atoms with Crippen LogP contribution < -0.4 is 5.32 Å². The molecule has 0 saturated heterocycles. The lowest BCUT2D eigenvalue weighted by Gasteiger charge is -2.06. The van der Waals surface area contributed by atoms with Crippen LogP contribution in [0.2, 0.25) is 0 Å². The Morgan fingerprint density at radius 2 is 2.35 bits per heavy atom. The van der Waals surface area contributed by atoms with Crippen molar-refractivity contribution in [2.75, 3.05) is 25.6 Å². The first-order valence-electron chi connectivity index (χ1n) is 6.47. The Morgan fingerprint density at radius 3 is 3.15 bits per heavy atom. The lowest BCUT2D eigenvalue weighted by Crippen LogP contribution is -2.07. The SMILES string of the molecule is COCCCNc1nccn2c(-c3ccoc3)cnc12. The number of ether oxygens (including phenoxy) is 1. The van der Waals surface area contributed by atoms with E-state index < -0.39 is 0 Å². The van der Waals surface area contributed by atoms with Gasteiger partial charge in [-0.2, -0.15) is 0 Å². The van der Waals surface area contributed by atoms with Crippen LogP contribution in [-0.4, -0.2) is 34.6 Å². The summed E-state index contributed by atoms with van der Waals surface area (Å²) in [6.45, 7) is 1.53. The second-order valence-electron chi connectivity index (χ2n) is 4.40. The number of hydrogen-bond acceptors (Lipinski definition) is 5. The van der Waals surface area contributed by atoms with Gasteiger partial charge < -0.3 is 14.5 Å². The highest BCUT2D eigenvalue weighted by atomic mass is 16.5. The Balaban J connectivity index is 1.88. The number of nitrogens with one attached hydrogen (secondary N) is 1. The molecule has 0 bridgehead atoms. The molecule has 0 aliphatic rings. The van der Waals surface area contributed by atoms with Crippen molar-refractivity contribution in [2.45, 2.75) is 6.42 Å². The summed E-state index contributed by atoms with van der Waals surface area (Å²) in [5.41, 5.74) is 2.78. The third-order valence-electron chi connectivity index (χ3n) is 3.06. The Bertz CT molecular complexity index is 676. The monoisotopic (exact) mass is 272 g/mol. The molecule has 6 heteroatoms. The average Bonchev–Trinajstić information content (AvgIpc) is 3.12. The van der Waals surface area contributed by atoms with E-state index in [4.69, 9.17) is 9.15 Å². The molecular weight excluding hydrogens is 256 g/mol. The molecule has 1 N–H and O–H groups in total. The number of anilines is 1. The van der Waals surface area contributed by atoms with Crippen molar-refractivity contribution in [3.8, 4) is 11.3 Å². The van der Waals surface area contributed by atoms with Gasteiger partial charge in [0.15, 0.2) is 11.5 Å². The standard InChI is InChI=1S/C14H16N4O2/c1-19-7-2-4-15-13-14-17-9-12(11-3-8-20-10-11)18(14)6-5-16-13/h3,5-6,8-10H,2,4,7H2,1H3,(H,15,16). The average molecular weight is 272 g/mol. The molecule has 0 radical (unpaired) electrons. The van der Waals surface area contributed by atoms with Crippen molar-refractivity contribution >= 4 is 11.5 Å². The number of fused-ring (bicyclic) bond motifs is 1. The van der Waals surface area contributed by atoms with Crippen LogP contribution >= 0.6 is 0 Å².